The largest absolute Gasteiger partial charge is 0.343 e. The summed E-state index contributed by atoms with van der Waals surface area (Å²) >= 11 is 0. The van der Waals surface area contributed by atoms with Crippen LogP contribution in [0.3, 0.4) is 0 Å². The first-order chi connectivity index (χ1) is 18.7. The monoisotopic (exact) mass is 528 g/mol. The summed E-state index contributed by atoms with van der Waals surface area (Å²) in [5, 5.41) is 2.99. The van der Waals surface area contributed by atoms with Crippen LogP contribution in [0.1, 0.15) is 63.9 Å². The molecule has 6 nitrogen and oxygen atoms in total. The third-order valence-electron chi connectivity index (χ3n) is 8.65. The second-order valence-electron chi connectivity index (χ2n) is 11.2. The molecule has 5 rings (SSSR count). The van der Waals surface area contributed by atoms with Crippen molar-refractivity contribution in [3.05, 3.63) is 72.2 Å². The lowest BCUT2D eigenvalue weighted by Crippen LogP contribution is -2.43. The number of nitrogens with two attached hydrogens (primary N) is 1. The molecule has 2 amide bonds. The summed E-state index contributed by atoms with van der Waals surface area (Å²) in [7, 11) is 1.85. The van der Waals surface area contributed by atoms with Gasteiger partial charge in [0.25, 0.3) is 0 Å². The Morgan fingerprint density at radius 1 is 1.05 bits per heavy atom. The molecule has 7 heteroatoms. The van der Waals surface area contributed by atoms with Crippen molar-refractivity contribution in [2.45, 2.75) is 69.9 Å². The number of aromatic nitrogens is 1. The van der Waals surface area contributed by atoms with E-state index < -0.39 is 0 Å². The number of halogens is 1. The first-order valence-corrected chi connectivity index (χ1v) is 13.9. The maximum atomic E-state index is 14.9. The van der Waals surface area contributed by atoms with Gasteiger partial charge >= 0.3 is 0 Å². The molecule has 0 aliphatic heterocycles. The molecule has 0 unspecified atom stereocenters. The minimum absolute atomic E-state index is 0.0782. The van der Waals surface area contributed by atoms with E-state index in [0.717, 1.165) is 56.1 Å². The van der Waals surface area contributed by atoms with Crippen molar-refractivity contribution in [3.8, 4) is 22.4 Å². The van der Waals surface area contributed by atoms with Crippen LogP contribution in [0.5, 0.6) is 0 Å². The Morgan fingerprint density at radius 2 is 1.74 bits per heavy atom. The molecule has 2 fully saturated rings. The molecule has 2 aromatic carbocycles. The second-order valence-corrected chi connectivity index (χ2v) is 11.2. The van der Waals surface area contributed by atoms with E-state index in [1.54, 1.807) is 31.3 Å². The van der Waals surface area contributed by atoms with Gasteiger partial charge in [-0.25, -0.2) is 4.39 Å². The molecule has 0 radical (unpaired) electrons. The van der Waals surface area contributed by atoms with Crippen LogP contribution in [0.2, 0.25) is 0 Å². The SMILES string of the molecule is CC(=O)N(C)C1CCC(CC(=O)Nc2cnc(-c3ccc(C4(N)CCC4)cc3)c(-c3ccccc3F)c2)CC1. The van der Waals surface area contributed by atoms with Gasteiger partial charge in [0.15, 0.2) is 0 Å². The predicted molar refractivity (Wildman–Crippen MR) is 152 cm³/mol. The standard InChI is InChI=1S/C32H37FN4O2/c1-21(38)37(2)26-14-8-22(9-15-26)18-30(39)36-25-19-28(27-6-3-4-7-29(27)33)31(35-20-25)23-10-12-24(13-11-23)32(34)16-5-17-32/h3-4,6-7,10-13,19-20,22,26H,5,8-9,14-18,34H2,1-2H3,(H,36,39). The van der Waals surface area contributed by atoms with Gasteiger partial charge in [0.05, 0.1) is 17.6 Å². The van der Waals surface area contributed by atoms with Gasteiger partial charge in [-0.05, 0) is 68.6 Å². The number of hydrogen-bond donors (Lipinski definition) is 2. The van der Waals surface area contributed by atoms with Crippen LogP contribution < -0.4 is 11.1 Å². The van der Waals surface area contributed by atoms with Crippen LogP contribution in [0.25, 0.3) is 22.4 Å². The van der Waals surface area contributed by atoms with Crippen molar-refractivity contribution in [2.75, 3.05) is 12.4 Å². The maximum absolute atomic E-state index is 14.9. The van der Waals surface area contributed by atoms with Crippen LogP contribution in [0.15, 0.2) is 60.8 Å². The van der Waals surface area contributed by atoms with Crippen LogP contribution in [-0.2, 0) is 15.1 Å². The van der Waals surface area contributed by atoms with Gasteiger partial charge in [0, 0.05) is 48.7 Å². The fraction of sp³-hybridized carbons (Fsp3) is 0.406. The number of amides is 2. The maximum Gasteiger partial charge on any atom is 0.224 e. The number of pyridine rings is 1. The van der Waals surface area contributed by atoms with E-state index in [1.165, 1.54) is 6.07 Å². The number of hydrogen-bond acceptors (Lipinski definition) is 4. The van der Waals surface area contributed by atoms with Crippen LogP contribution >= 0.6 is 0 Å². The van der Waals surface area contributed by atoms with Gasteiger partial charge in [-0.15, -0.1) is 0 Å². The fourth-order valence-corrected chi connectivity index (χ4v) is 5.92. The minimum atomic E-state index is -0.344. The van der Waals surface area contributed by atoms with Crippen molar-refractivity contribution in [1.29, 1.82) is 0 Å². The van der Waals surface area contributed by atoms with E-state index >= 15 is 0 Å². The first kappa shape index (κ1) is 27.0. The van der Waals surface area contributed by atoms with E-state index in [1.807, 2.05) is 42.3 Å². The molecule has 204 valence electrons. The van der Waals surface area contributed by atoms with Gasteiger partial charge < -0.3 is 16.0 Å². The smallest absolute Gasteiger partial charge is 0.224 e. The summed E-state index contributed by atoms with van der Waals surface area (Å²) in [5.41, 5.74) is 10.5. The zero-order valence-electron chi connectivity index (χ0n) is 22.8. The number of anilines is 1. The number of carbonyl (C=O) groups excluding carboxylic acids is 2. The van der Waals surface area contributed by atoms with Crippen molar-refractivity contribution < 1.29 is 14.0 Å². The zero-order valence-corrected chi connectivity index (χ0v) is 22.8. The third kappa shape index (κ3) is 5.88. The highest BCUT2D eigenvalue weighted by atomic mass is 19.1. The van der Waals surface area contributed by atoms with Gasteiger partial charge in [0.1, 0.15) is 5.82 Å². The summed E-state index contributed by atoms with van der Waals surface area (Å²) in [4.78, 5) is 31.1. The van der Waals surface area contributed by atoms with Crippen LogP contribution in [0.4, 0.5) is 10.1 Å². The highest BCUT2D eigenvalue weighted by Gasteiger charge is 2.34. The van der Waals surface area contributed by atoms with Gasteiger partial charge in [-0.2, -0.15) is 0 Å². The minimum Gasteiger partial charge on any atom is -0.343 e. The Hall–Kier alpha value is -3.58. The molecule has 1 aromatic heterocycles. The predicted octanol–water partition coefficient (Wildman–Crippen LogP) is 6.26. The van der Waals surface area contributed by atoms with Crippen molar-refractivity contribution in [2.24, 2.45) is 11.7 Å². The topological polar surface area (TPSA) is 88.3 Å². The molecule has 0 saturated heterocycles. The van der Waals surface area contributed by atoms with E-state index in [-0.39, 0.29) is 35.1 Å². The van der Waals surface area contributed by atoms with Crippen LogP contribution in [-0.4, -0.2) is 34.8 Å². The third-order valence-corrected chi connectivity index (χ3v) is 8.65. The van der Waals surface area contributed by atoms with Gasteiger partial charge in [-0.3, -0.25) is 14.6 Å². The molecule has 2 aliphatic carbocycles. The van der Waals surface area contributed by atoms with Crippen molar-refractivity contribution in [3.63, 3.8) is 0 Å². The average molecular weight is 529 g/mol. The van der Waals surface area contributed by atoms with E-state index in [0.29, 0.717) is 28.9 Å². The molecule has 3 aromatic rings. The Labute approximate surface area is 229 Å². The summed E-state index contributed by atoms with van der Waals surface area (Å²) in [6.45, 7) is 1.59. The number of nitrogens with one attached hydrogen (secondary N) is 1. The summed E-state index contributed by atoms with van der Waals surface area (Å²) in [5.74, 6) is -0.0656. The molecule has 0 bridgehead atoms. The second kappa shape index (κ2) is 11.3. The fourth-order valence-electron chi connectivity index (χ4n) is 5.92. The molecule has 0 spiro atoms. The van der Waals surface area contributed by atoms with Crippen molar-refractivity contribution >= 4 is 17.5 Å². The summed E-state index contributed by atoms with van der Waals surface area (Å²) in [6, 6.07) is 16.7. The quantitative estimate of drug-likeness (QED) is 0.379. The lowest BCUT2D eigenvalue weighted by atomic mass is 9.72. The Bertz CT molecular complexity index is 1340. The molecule has 3 N–H and O–H groups in total. The molecule has 2 saturated carbocycles. The molecular weight excluding hydrogens is 491 g/mol. The lowest BCUT2D eigenvalue weighted by molar-refractivity contribution is -0.130. The van der Waals surface area contributed by atoms with E-state index in [4.69, 9.17) is 5.73 Å². The number of carbonyl (C=O) groups is 2. The molecule has 0 atom stereocenters. The van der Waals surface area contributed by atoms with E-state index in [2.05, 4.69) is 10.3 Å². The highest BCUT2D eigenvalue weighted by Crippen LogP contribution is 2.40. The first-order valence-electron chi connectivity index (χ1n) is 13.9. The van der Waals surface area contributed by atoms with Gasteiger partial charge in [-0.1, -0.05) is 42.5 Å². The average Bonchev–Trinajstić information content (AvgIpc) is 2.92. The normalized spacial score (nSPS) is 20.1. The Balaban J connectivity index is 1.33. The van der Waals surface area contributed by atoms with Gasteiger partial charge in [0.2, 0.25) is 11.8 Å². The summed E-state index contributed by atoms with van der Waals surface area (Å²) in [6.07, 6.45) is 8.80. The molecular formula is C32H37FN4O2. The number of rotatable bonds is 7. The molecule has 1 heterocycles. The molecule has 2 aliphatic rings. The Kier molecular flexibility index (Phi) is 7.80. The highest BCUT2D eigenvalue weighted by molar-refractivity contribution is 5.93. The Morgan fingerprint density at radius 3 is 2.36 bits per heavy atom. The van der Waals surface area contributed by atoms with Crippen LogP contribution in [0, 0.1) is 11.7 Å². The number of nitrogens with zero attached hydrogens (tertiary/aromatic N) is 2. The summed E-state index contributed by atoms with van der Waals surface area (Å²) < 4.78 is 14.9. The van der Waals surface area contributed by atoms with Crippen molar-refractivity contribution in [1.82, 2.24) is 9.88 Å². The number of benzene rings is 2. The van der Waals surface area contributed by atoms with E-state index in [9.17, 15) is 14.0 Å². The lowest BCUT2D eigenvalue weighted by Gasteiger charge is -2.38. The molecule has 39 heavy (non-hydrogen) atoms. The zero-order chi connectivity index (χ0) is 27.6.